The normalized spacial score (nSPS) is 18.6. The minimum absolute atomic E-state index is 0.183. The van der Waals surface area contributed by atoms with Gasteiger partial charge >= 0.3 is 0 Å². The smallest absolute Gasteiger partial charge is 0.243 e. The van der Waals surface area contributed by atoms with Crippen LogP contribution in [-0.4, -0.2) is 67.7 Å². The first-order valence-corrected chi connectivity index (χ1v) is 14.0. The summed E-state index contributed by atoms with van der Waals surface area (Å²) in [5, 5.41) is 0. The van der Waals surface area contributed by atoms with Crippen LogP contribution in [0.5, 0.6) is 0 Å². The number of hydrogen-bond acceptors (Lipinski definition) is 4. The molecule has 2 aliphatic rings. The number of aryl methyl sites for hydroxylation is 2. The zero-order chi connectivity index (χ0) is 24.0. The summed E-state index contributed by atoms with van der Waals surface area (Å²) in [5.41, 5.74) is 3.67. The van der Waals surface area contributed by atoms with Gasteiger partial charge in [-0.15, -0.1) is 0 Å². The van der Waals surface area contributed by atoms with Crippen LogP contribution in [0.2, 0.25) is 0 Å². The number of hydrogen-bond donors (Lipinski definition) is 0. The van der Waals surface area contributed by atoms with Gasteiger partial charge in [-0.05, 0) is 61.4 Å². The second kappa shape index (κ2) is 11.5. The molecular weight excluding hydrogens is 446 g/mol. The highest BCUT2D eigenvalue weighted by molar-refractivity contribution is 7.89. The maximum absolute atomic E-state index is 12.9. The average molecular weight is 484 g/mol. The Kier molecular flexibility index (Phi) is 8.40. The van der Waals surface area contributed by atoms with Gasteiger partial charge in [0, 0.05) is 52.2 Å². The van der Waals surface area contributed by atoms with E-state index in [-0.39, 0.29) is 5.91 Å². The number of nitrogens with zero attached hydrogens (tertiary/aromatic N) is 3. The molecule has 2 aliphatic heterocycles. The van der Waals surface area contributed by atoms with Crippen molar-refractivity contribution in [2.45, 2.75) is 56.9 Å². The third-order valence-corrected chi connectivity index (χ3v) is 9.01. The molecule has 2 fully saturated rings. The summed E-state index contributed by atoms with van der Waals surface area (Å²) < 4.78 is 27.2. The van der Waals surface area contributed by atoms with E-state index in [1.54, 1.807) is 16.4 Å². The molecule has 0 atom stereocenters. The molecule has 2 aromatic rings. The molecule has 0 spiro atoms. The van der Waals surface area contributed by atoms with E-state index in [2.05, 4.69) is 36.1 Å². The topological polar surface area (TPSA) is 60.9 Å². The van der Waals surface area contributed by atoms with Gasteiger partial charge in [0.25, 0.3) is 0 Å². The van der Waals surface area contributed by atoms with E-state index in [9.17, 15) is 13.2 Å². The molecule has 4 rings (SSSR count). The van der Waals surface area contributed by atoms with Crippen LogP contribution in [0, 0.1) is 6.92 Å². The Bertz CT molecular complexity index is 1060. The van der Waals surface area contributed by atoms with Crippen molar-refractivity contribution in [2.75, 3.05) is 39.3 Å². The van der Waals surface area contributed by atoms with Crippen LogP contribution in [0.15, 0.2) is 53.4 Å². The Morgan fingerprint density at radius 1 is 0.824 bits per heavy atom. The van der Waals surface area contributed by atoms with Gasteiger partial charge in [-0.1, -0.05) is 42.8 Å². The minimum Gasteiger partial charge on any atom is -0.341 e. The molecule has 6 nitrogen and oxygen atoms in total. The third-order valence-electron chi connectivity index (χ3n) is 7.10. The lowest BCUT2D eigenvalue weighted by atomic mass is 10.1. The highest BCUT2D eigenvalue weighted by Crippen LogP contribution is 2.21. The van der Waals surface area contributed by atoms with Crippen LogP contribution in [0.4, 0.5) is 0 Å². The predicted octanol–water partition coefficient (Wildman–Crippen LogP) is 3.84. The highest BCUT2D eigenvalue weighted by Gasteiger charge is 2.26. The first-order valence-electron chi connectivity index (χ1n) is 12.6. The molecule has 0 saturated carbocycles. The number of carbonyl (C=O) groups is 1. The first kappa shape index (κ1) is 24.9. The van der Waals surface area contributed by atoms with E-state index >= 15 is 0 Å². The third kappa shape index (κ3) is 6.26. The lowest BCUT2D eigenvalue weighted by Gasteiger charge is -2.25. The average Bonchev–Trinajstić information content (AvgIpc) is 3.10. The van der Waals surface area contributed by atoms with Crippen LogP contribution in [-0.2, 0) is 27.8 Å². The van der Waals surface area contributed by atoms with Crippen molar-refractivity contribution >= 4 is 15.9 Å². The molecule has 0 aliphatic carbocycles. The van der Waals surface area contributed by atoms with Crippen molar-refractivity contribution in [1.82, 2.24) is 14.1 Å². The van der Waals surface area contributed by atoms with Crippen molar-refractivity contribution in [3.63, 3.8) is 0 Å². The summed E-state index contributed by atoms with van der Waals surface area (Å²) in [5.74, 6) is 0.183. The summed E-state index contributed by atoms with van der Waals surface area (Å²) in [7, 11) is -3.41. The van der Waals surface area contributed by atoms with E-state index in [0.29, 0.717) is 30.8 Å². The van der Waals surface area contributed by atoms with Crippen molar-refractivity contribution < 1.29 is 13.2 Å². The van der Waals surface area contributed by atoms with Gasteiger partial charge in [-0.3, -0.25) is 9.69 Å². The van der Waals surface area contributed by atoms with Gasteiger partial charge in [0.1, 0.15) is 0 Å². The maximum Gasteiger partial charge on any atom is 0.243 e. The first-order chi connectivity index (χ1) is 16.4. The van der Waals surface area contributed by atoms with Gasteiger partial charge in [-0.2, -0.15) is 4.31 Å². The molecular formula is C27H37N3O3S. The zero-order valence-corrected chi connectivity index (χ0v) is 21.1. The summed E-state index contributed by atoms with van der Waals surface area (Å²) in [6, 6.07) is 15.6. The lowest BCUT2D eigenvalue weighted by Crippen LogP contribution is -2.35. The van der Waals surface area contributed by atoms with Crippen molar-refractivity contribution in [1.29, 1.82) is 0 Å². The van der Waals surface area contributed by atoms with Gasteiger partial charge in [0.2, 0.25) is 15.9 Å². The number of benzene rings is 2. The Balaban J connectivity index is 1.27. The van der Waals surface area contributed by atoms with Crippen LogP contribution in [0.1, 0.15) is 48.8 Å². The molecule has 184 valence electrons. The second-order valence-corrected chi connectivity index (χ2v) is 11.5. The highest BCUT2D eigenvalue weighted by atomic mass is 32.2. The molecule has 1 amide bonds. The summed E-state index contributed by atoms with van der Waals surface area (Å²) >= 11 is 0. The molecule has 0 radical (unpaired) electrons. The minimum atomic E-state index is -3.41. The monoisotopic (exact) mass is 483 g/mol. The van der Waals surface area contributed by atoms with Gasteiger partial charge in [-0.25, -0.2) is 8.42 Å². The second-order valence-electron chi connectivity index (χ2n) is 9.55. The van der Waals surface area contributed by atoms with Crippen LogP contribution in [0.3, 0.4) is 0 Å². The Labute approximate surface area is 204 Å². The van der Waals surface area contributed by atoms with Gasteiger partial charge in [0.05, 0.1) is 4.90 Å². The quantitative estimate of drug-likeness (QED) is 0.600. The molecule has 0 unspecified atom stereocenters. The molecule has 0 N–H and O–H groups in total. The number of sulfonamides is 1. The Morgan fingerprint density at radius 2 is 1.56 bits per heavy atom. The van der Waals surface area contributed by atoms with Crippen LogP contribution in [0.25, 0.3) is 0 Å². The van der Waals surface area contributed by atoms with Gasteiger partial charge < -0.3 is 4.90 Å². The van der Waals surface area contributed by atoms with E-state index in [1.165, 1.54) is 11.1 Å². The van der Waals surface area contributed by atoms with Crippen molar-refractivity contribution in [2.24, 2.45) is 0 Å². The van der Waals surface area contributed by atoms with Crippen molar-refractivity contribution in [3.05, 3.63) is 65.2 Å². The largest absolute Gasteiger partial charge is 0.341 e. The molecule has 2 saturated heterocycles. The molecule has 0 aromatic heterocycles. The summed E-state index contributed by atoms with van der Waals surface area (Å²) in [6.07, 6.45) is 5.03. The fraction of sp³-hybridized carbons (Fsp3) is 0.519. The number of amides is 1. The fourth-order valence-electron chi connectivity index (χ4n) is 4.90. The maximum atomic E-state index is 12.9. The molecule has 34 heavy (non-hydrogen) atoms. The number of rotatable bonds is 7. The van der Waals surface area contributed by atoms with E-state index in [1.807, 2.05) is 17.0 Å². The zero-order valence-electron chi connectivity index (χ0n) is 20.3. The number of piperidine rings is 1. The molecule has 2 heterocycles. The van der Waals surface area contributed by atoms with Gasteiger partial charge in [0.15, 0.2) is 0 Å². The van der Waals surface area contributed by atoms with Crippen LogP contribution >= 0.6 is 0 Å². The Hall–Kier alpha value is -2.22. The van der Waals surface area contributed by atoms with Crippen LogP contribution < -0.4 is 0 Å². The molecule has 7 heteroatoms. The summed E-state index contributed by atoms with van der Waals surface area (Å²) in [4.78, 5) is 17.7. The number of carbonyl (C=O) groups excluding carboxylic acids is 1. The predicted molar refractivity (Wildman–Crippen MR) is 135 cm³/mol. The SMILES string of the molecule is Cc1ccccc1CN1CCCN(C(=O)CCc2ccc(S(=O)(=O)N3CCCCC3)cc2)CC1. The van der Waals surface area contributed by atoms with E-state index in [0.717, 1.165) is 64.0 Å². The lowest BCUT2D eigenvalue weighted by molar-refractivity contribution is -0.131. The van der Waals surface area contributed by atoms with Crippen molar-refractivity contribution in [3.8, 4) is 0 Å². The fourth-order valence-corrected chi connectivity index (χ4v) is 6.42. The molecule has 2 aromatic carbocycles. The van der Waals surface area contributed by atoms with E-state index < -0.39 is 10.0 Å². The summed E-state index contributed by atoms with van der Waals surface area (Å²) in [6.45, 7) is 7.76. The van der Waals surface area contributed by atoms with E-state index in [4.69, 9.17) is 0 Å². The molecule has 0 bridgehead atoms. The Morgan fingerprint density at radius 3 is 2.29 bits per heavy atom. The standard InChI is InChI=1S/C27H37N3O3S/c1-23-8-3-4-9-25(23)22-28-16-7-17-29(21-20-28)27(31)15-12-24-10-13-26(14-11-24)34(32,33)30-18-5-2-6-19-30/h3-4,8-11,13-14H,2,5-7,12,15-22H2,1H3.